The molecule has 4 aromatic rings. The van der Waals surface area contributed by atoms with Crippen LogP contribution >= 0.6 is 0 Å². The molecule has 0 aliphatic carbocycles. The van der Waals surface area contributed by atoms with Gasteiger partial charge in [0.15, 0.2) is 11.5 Å². The average Bonchev–Trinajstić information content (AvgIpc) is 2.81. The van der Waals surface area contributed by atoms with Gasteiger partial charge in [-0.2, -0.15) is 4.98 Å². The van der Waals surface area contributed by atoms with Crippen LogP contribution in [0.25, 0.3) is 10.9 Å². The topological polar surface area (TPSA) is 68.3 Å². The number of hydrogen-bond acceptors (Lipinski definition) is 6. The number of hydrogen-bond donors (Lipinski definition) is 2. The van der Waals surface area contributed by atoms with Gasteiger partial charge in [-0.3, -0.25) is 0 Å². The molecule has 1 heterocycles. The second-order valence-corrected chi connectivity index (χ2v) is 6.80. The molecular weight excluding hydrogens is 376 g/mol. The molecule has 0 bridgehead atoms. The first-order chi connectivity index (χ1) is 14.8. The standard InChI is InChI=1S/C24H24N4O2/c1-29-21-13-19-20(14-22(21)30-2)27-24(26-16-18-11-7-4-8-12-18)28-23(19)25-15-17-9-5-3-6-10-17/h3-14H,15-16H2,1-2H3,(H2,25,26,27,28). The fourth-order valence-electron chi connectivity index (χ4n) is 3.23. The second-order valence-electron chi connectivity index (χ2n) is 6.80. The van der Waals surface area contributed by atoms with Gasteiger partial charge in [0.1, 0.15) is 5.82 Å². The molecule has 0 fully saturated rings. The molecule has 30 heavy (non-hydrogen) atoms. The molecule has 2 N–H and O–H groups in total. The van der Waals surface area contributed by atoms with Gasteiger partial charge in [-0.05, 0) is 17.2 Å². The van der Waals surface area contributed by atoms with Crippen molar-refractivity contribution in [2.24, 2.45) is 0 Å². The molecule has 4 rings (SSSR count). The number of benzene rings is 3. The lowest BCUT2D eigenvalue weighted by Crippen LogP contribution is -2.08. The molecule has 0 aliphatic heterocycles. The van der Waals surface area contributed by atoms with Crippen molar-refractivity contribution in [2.45, 2.75) is 13.1 Å². The van der Waals surface area contributed by atoms with Crippen LogP contribution in [0.1, 0.15) is 11.1 Å². The smallest absolute Gasteiger partial charge is 0.225 e. The zero-order chi connectivity index (χ0) is 20.8. The lowest BCUT2D eigenvalue weighted by Gasteiger charge is -2.14. The highest BCUT2D eigenvalue weighted by atomic mass is 16.5. The third-order valence-electron chi connectivity index (χ3n) is 4.80. The third-order valence-corrected chi connectivity index (χ3v) is 4.80. The molecule has 0 amide bonds. The third kappa shape index (κ3) is 4.43. The maximum absolute atomic E-state index is 5.47. The van der Waals surface area contributed by atoms with E-state index in [4.69, 9.17) is 19.4 Å². The van der Waals surface area contributed by atoms with Gasteiger partial charge < -0.3 is 20.1 Å². The van der Waals surface area contributed by atoms with Gasteiger partial charge in [0.05, 0.1) is 19.7 Å². The zero-order valence-electron chi connectivity index (χ0n) is 17.1. The molecule has 3 aromatic carbocycles. The quantitative estimate of drug-likeness (QED) is 0.440. The van der Waals surface area contributed by atoms with Crippen LogP contribution in [0.3, 0.4) is 0 Å². The highest BCUT2D eigenvalue weighted by Gasteiger charge is 2.13. The van der Waals surface area contributed by atoms with Gasteiger partial charge in [-0.15, -0.1) is 0 Å². The Kier molecular flexibility index (Phi) is 5.94. The molecule has 0 radical (unpaired) electrons. The van der Waals surface area contributed by atoms with Crippen molar-refractivity contribution in [1.82, 2.24) is 9.97 Å². The highest BCUT2D eigenvalue weighted by Crippen LogP contribution is 2.34. The van der Waals surface area contributed by atoms with Gasteiger partial charge in [0.25, 0.3) is 0 Å². The summed E-state index contributed by atoms with van der Waals surface area (Å²) in [6, 6.07) is 24.2. The summed E-state index contributed by atoms with van der Waals surface area (Å²) in [6.07, 6.45) is 0. The van der Waals surface area contributed by atoms with Crippen LogP contribution in [0.5, 0.6) is 11.5 Å². The van der Waals surface area contributed by atoms with Crippen molar-refractivity contribution < 1.29 is 9.47 Å². The summed E-state index contributed by atoms with van der Waals surface area (Å²) in [5.41, 5.74) is 3.10. The fourth-order valence-corrected chi connectivity index (χ4v) is 3.23. The summed E-state index contributed by atoms with van der Waals surface area (Å²) >= 11 is 0. The average molecular weight is 400 g/mol. The Morgan fingerprint density at radius 1 is 0.700 bits per heavy atom. The number of anilines is 2. The fraction of sp³-hybridized carbons (Fsp3) is 0.167. The maximum atomic E-state index is 5.47. The van der Waals surface area contributed by atoms with Crippen LogP contribution in [0, 0.1) is 0 Å². The van der Waals surface area contributed by atoms with Crippen LogP contribution in [-0.2, 0) is 13.1 Å². The van der Waals surface area contributed by atoms with E-state index in [9.17, 15) is 0 Å². The minimum Gasteiger partial charge on any atom is -0.493 e. The first kappa shape index (κ1) is 19.5. The van der Waals surface area contributed by atoms with Crippen molar-refractivity contribution in [3.05, 3.63) is 83.9 Å². The van der Waals surface area contributed by atoms with Crippen molar-refractivity contribution in [3.63, 3.8) is 0 Å². The first-order valence-corrected chi connectivity index (χ1v) is 9.76. The molecule has 6 heteroatoms. The summed E-state index contributed by atoms with van der Waals surface area (Å²) in [5.74, 6) is 2.56. The molecule has 152 valence electrons. The van der Waals surface area contributed by atoms with E-state index < -0.39 is 0 Å². The SMILES string of the molecule is COc1cc2nc(NCc3ccccc3)nc(NCc3ccccc3)c2cc1OC. The van der Waals surface area contributed by atoms with E-state index in [0.717, 1.165) is 22.3 Å². The lowest BCUT2D eigenvalue weighted by atomic mass is 10.2. The minimum atomic E-state index is 0.550. The zero-order valence-corrected chi connectivity index (χ0v) is 17.1. The van der Waals surface area contributed by atoms with E-state index in [-0.39, 0.29) is 0 Å². The minimum absolute atomic E-state index is 0.550. The van der Waals surface area contributed by atoms with Crippen LogP contribution in [-0.4, -0.2) is 24.2 Å². The predicted molar refractivity (Wildman–Crippen MR) is 120 cm³/mol. The van der Waals surface area contributed by atoms with E-state index in [0.29, 0.717) is 30.5 Å². The van der Waals surface area contributed by atoms with E-state index in [1.165, 1.54) is 5.56 Å². The number of nitrogens with zero attached hydrogens (tertiary/aromatic N) is 2. The molecule has 0 saturated carbocycles. The van der Waals surface area contributed by atoms with Crippen molar-refractivity contribution >= 4 is 22.7 Å². The Bertz CT molecular complexity index is 1120. The number of nitrogens with one attached hydrogen (secondary N) is 2. The van der Waals surface area contributed by atoms with Crippen LogP contribution < -0.4 is 20.1 Å². The van der Waals surface area contributed by atoms with Crippen LogP contribution in [0.4, 0.5) is 11.8 Å². The number of rotatable bonds is 8. The lowest BCUT2D eigenvalue weighted by molar-refractivity contribution is 0.356. The summed E-state index contributed by atoms with van der Waals surface area (Å²) in [4.78, 5) is 9.42. The van der Waals surface area contributed by atoms with Crippen LogP contribution in [0.15, 0.2) is 72.8 Å². The van der Waals surface area contributed by atoms with Crippen molar-refractivity contribution in [3.8, 4) is 11.5 Å². The first-order valence-electron chi connectivity index (χ1n) is 9.76. The summed E-state index contributed by atoms with van der Waals surface area (Å²) in [6.45, 7) is 1.29. The number of ether oxygens (including phenoxy) is 2. The summed E-state index contributed by atoms with van der Waals surface area (Å²) < 4.78 is 10.9. The Morgan fingerprint density at radius 3 is 1.87 bits per heavy atom. The van der Waals surface area contributed by atoms with Gasteiger partial charge in [-0.25, -0.2) is 4.98 Å². The summed E-state index contributed by atoms with van der Waals surface area (Å²) in [5, 5.41) is 7.64. The predicted octanol–water partition coefficient (Wildman–Crippen LogP) is 4.87. The van der Waals surface area contributed by atoms with Gasteiger partial charge in [-0.1, -0.05) is 60.7 Å². The van der Waals surface area contributed by atoms with E-state index in [1.54, 1.807) is 14.2 Å². The van der Waals surface area contributed by atoms with E-state index >= 15 is 0 Å². The molecule has 0 saturated heterocycles. The number of methoxy groups -OCH3 is 2. The number of aromatic nitrogens is 2. The summed E-state index contributed by atoms with van der Waals surface area (Å²) in [7, 11) is 3.24. The Balaban J connectivity index is 1.69. The van der Waals surface area contributed by atoms with Crippen LogP contribution in [0.2, 0.25) is 0 Å². The molecule has 0 unspecified atom stereocenters. The van der Waals surface area contributed by atoms with Gasteiger partial charge >= 0.3 is 0 Å². The van der Waals surface area contributed by atoms with E-state index in [2.05, 4.69) is 34.9 Å². The van der Waals surface area contributed by atoms with E-state index in [1.807, 2.05) is 48.5 Å². The monoisotopic (exact) mass is 400 g/mol. The Labute approximate surface area is 175 Å². The Morgan fingerprint density at radius 2 is 1.27 bits per heavy atom. The second kappa shape index (κ2) is 9.13. The molecule has 6 nitrogen and oxygen atoms in total. The van der Waals surface area contributed by atoms with Crippen molar-refractivity contribution in [1.29, 1.82) is 0 Å². The maximum Gasteiger partial charge on any atom is 0.225 e. The van der Waals surface area contributed by atoms with Gasteiger partial charge in [0.2, 0.25) is 5.95 Å². The molecule has 0 spiro atoms. The molecular formula is C24H24N4O2. The normalized spacial score (nSPS) is 10.6. The van der Waals surface area contributed by atoms with Gasteiger partial charge in [0, 0.05) is 24.5 Å². The Hall–Kier alpha value is -3.80. The molecule has 0 atom stereocenters. The molecule has 1 aromatic heterocycles. The molecule has 0 aliphatic rings. The van der Waals surface area contributed by atoms with Crippen molar-refractivity contribution in [2.75, 3.05) is 24.9 Å². The largest absolute Gasteiger partial charge is 0.493 e. The number of fused-ring (bicyclic) bond motifs is 1. The highest BCUT2D eigenvalue weighted by molar-refractivity contribution is 5.92.